The second-order valence-electron chi connectivity index (χ2n) is 10.1. The van der Waals surface area contributed by atoms with Gasteiger partial charge in [-0.1, -0.05) is 50.2 Å². The zero-order valence-corrected chi connectivity index (χ0v) is 20.6. The van der Waals surface area contributed by atoms with E-state index >= 15 is 0 Å². The van der Waals surface area contributed by atoms with Gasteiger partial charge >= 0.3 is 6.09 Å². The van der Waals surface area contributed by atoms with Crippen molar-refractivity contribution in [2.45, 2.75) is 77.5 Å². The average Bonchev–Trinajstić information content (AvgIpc) is 3.09. The number of benzene rings is 1. The summed E-state index contributed by atoms with van der Waals surface area (Å²) in [6, 6.07) is 11.7. The average molecular weight is 469 g/mol. The number of carbonyl (C=O) groups is 2. The smallest absolute Gasteiger partial charge is 0.407 e. The molecule has 8 nitrogen and oxygen atoms in total. The Balaban J connectivity index is 1.82. The van der Waals surface area contributed by atoms with Gasteiger partial charge in [0.1, 0.15) is 11.6 Å². The molecule has 3 N–H and O–H groups in total. The van der Waals surface area contributed by atoms with E-state index in [0.717, 1.165) is 11.1 Å². The maximum atomic E-state index is 13.5. The second-order valence-corrected chi connectivity index (χ2v) is 10.1. The Hall–Kier alpha value is -2.97. The van der Waals surface area contributed by atoms with E-state index in [9.17, 15) is 14.7 Å². The zero-order chi connectivity index (χ0) is 24.9. The summed E-state index contributed by atoms with van der Waals surface area (Å²) in [7, 11) is 0. The number of aliphatic hydroxyl groups excluding tert-OH is 1. The fourth-order valence-corrected chi connectivity index (χ4v) is 4.14. The summed E-state index contributed by atoms with van der Waals surface area (Å²) in [5.74, 6) is -0.0942. The molecule has 0 radical (unpaired) electrons. The van der Waals surface area contributed by atoms with Crippen LogP contribution >= 0.6 is 0 Å². The van der Waals surface area contributed by atoms with Gasteiger partial charge in [-0.05, 0) is 50.3 Å². The Morgan fingerprint density at radius 2 is 1.85 bits per heavy atom. The van der Waals surface area contributed by atoms with Crippen molar-refractivity contribution in [3.63, 3.8) is 0 Å². The first-order valence-electron chi connectivity index (χ1n) is 11.7. The largest absolute Gasteiger partial charge is 0.444 e. The van der Waals surface area contributed by atoms with Crippen molar-refractivity contribution in [3.8, 4) is 0 Å². The lowest BCUT2D eigenvalue weighted by molar-refractivity contribution is -0.133. The van der Waals surface area contributed by atoms with Crippen molar-refractivity contribution in [1.82, 2.24) is 20.5 Å². The van der Waals surface area contributed by atoms with Gasteiger partial charge in [0.25, 0.3) is 0 Å². The van der Waals surface area contributed by atoms with Crippen LogP contribution in [0.1, 0.15) is 45.7 Å². The molecule has 2 amide bonds. The SMILES string of the molecule is CC(C)C1N[C@@H]([C@@H](O)[C@H](Cc2ccccc2)NC(=O)OC(C)(C)C)C(=O)N1Cc1cccnc1. The molecule has 1 aliphatic rings. The van der Waals surface area contributed by atoms with E-state index in [4.69, 9.17) is 4.74 Å². The van der Waals surface area contributed by atoms with E-state index in [0.29, 0.717) is 13.0 Å². The van der Waals surface area contributed by atoms with Crippen molar-refractivity contribution < 1.29 is 19.4 Å². The van der Waals surface area contributed by atoms with Crippen molar-refractivity contribution >= 4 is 12.0 Å². The standard InChI is InChI=1S/C26H36N4O4/c1-17(2)23-29-21(24(32)30(23)16-19-12-9-13-27-15-19)22(31)20(14-18-10-7-6-8-11-18)28-25(33)34-26(3,4)5/h6-13,15,17,20-23,29,31H,14,16H2,1-5H3,(H,28,33)/t20-,21-,22-,23?/m0/s1. The van der Waals surface area contributed by atoms with Crippen LogP contribution in [-0.4, -0.2) is 56.9 Å². The molecule has 0 aliphatic carbocycles. The van der Waals surface area contributed by atoms with Gasteiger partial charge in [0.2, 0.25) is 5.91 Å². The first kappa shape index (κ1) is 25.6. The number of amides is 2. The third-order valence-electron chi connectivity index (χ3n) is 5.70. The minimum atomic E-state index is -1.17. The number of pyridine rings is 1. The topological polar surface area (TPSA) is 104 Å². The van der Waals surface area contributed by atoms with Gasteiger partial charge in [-0.25, -0.2) is 4.79 Å². The van der Waals surface area contributed by atoms with E-state index in [-0.39, 0.29) is 18.0 Å². The normalized spacial score (nSPS) is 20.3. The lowest BCUT2D eigenvalue weighted by Crippen LogP contribution is -2.55. The van der Waals surface area contributed by atoms with Crippen molar-refractivity contribution in [3.05, 3.63) is 66.0 Å². The highest BCUT2D eigenvalue weighted by atomic mass is 16.6. The molecule has 0 spiro atoms. The number of carbonyl (C=O) groups excluding carboxylic acids is 2. The molecule has 1 aromatic heterocycles. The molecule has 1 aromatic carbocycles. The highest BCUT2D eigenvalue weighted by Gasteiger charge is 2.46. The van der Waals surface area contributed by atoms with E-state index in [2.05, 4.69) is 15.6 Å². The molecule has 2 aromatic rings. The van der Waals surface area contributed by atoms with Crippen molar-refractivity contribution in [2.75, 3.05) is 0 Å². The molecule has 1 fully saturated rings. The van der Waals surface area contributed by atoms with Crippen LogP contribution in [0.2, 0.25) is 0 Å². The van der Waals surface area contributed by atoms with Gasteiger partial charge < -0.3 is 20.1 Å². The lowest BCUT2D eigenvalue weighted by Gasteiger charge is -2.29. The van der Waals surface area contributed by atoms with E-state index < -0.39 is 29.9 Å². The molecule has 3 rings (SSSR count). The van der Waals surface area contributed by atoms with Crippen LogP contribution in [0.4, 0.5) is 4.79 Å². The predicted molar refractivity (Wildman–Crippen MR) is 130 cm³/mol. The van der Waals surface area contributed by atoms with Gasteiger partial charge in [-0.15, -0.1) is 0 Å². The number of hydrogen-bond donors (Lipinski definition) is 3. The Labute approximate surface area is 201 Å². The molecule has 1 saturated heterocycles. The predicted octanol–water partition coefficient (Wildman–Crippen LogP) is 2.86. The van der Waals surface area contributed by atoms with Crippen LogP contribution in [-0.2, 0) is 22.5 Å². The molecular formula is C26H36N4O4. The minimum absolute atomic E-state index is 0.115. The van der Waals surface area contributed by atoms with Gasteiger partial charge in [0.15, 0.2) is 0 Å². The monoisotopic (exact) mass is 468 g/mol. The van der Waals surface area contributed by atoms with Crippen molar-refractivity contribution in [2.24, 2.45) is 5.92 Å². The van der Waals surface area contributed by atoms with Crippen LogP contribution in [0, 0.1) is 5.92 Å². The molecule has 2 heterocycles. The first-order chi connectivity index (χ1) is 16.0. The Kier molecular flexibility index (Phi) is 8.28. The van der Waals surface area contributed by atoms with Crippen LogP contribution < -0.4 is 10.6 Å². The molecular weight excluding hydrogens is 432 g/mol. The number of nitrogens with zero attached hydrogens (tertiary/aromatic N) is 2. The third-order valence-corrected chi connectivity index (χ3v) is 5.70. The molecule has 1 aliphatic heterocycles. The van der Waals surface area contributed by atoms with Gasteiger partial charge in [-0.3, -0.25) is 15.1 Å². The number of aliphatic hydroxyl groups is 1. The number of aromatic nitrogens is 1. The van der Waals surface area contributed by atoms with Crippen molar-refractivity contribution in [1.29, 1.82) is 0 Å². The maximum Gasteiger partial charge on any atom is 0.407 e. The summed E-state index contributed by atoms with van der Waals surface area (Å²) in [6.07, 6.45) is 1.71. The number of hydrogen-bond acceptors (Lipinski definition) is 6. The Bertz CT molecular complexity index is 946. The fraction of sp³-hybridized carbons (Fsp3) is 0.500. The molecule has 1 unspecified atom stereocenters. The van der Waals surface area contributed by atoms with E-state index in [1.807, 2.05) is 56.3 Å². The third kappa shape index (κ3) is 6.77. The number of rotatable bonds is 8. The van der Waals surface area contributed by atoms with Crippen LogP contribution in [0.5, 0.6) is 0 Å². The zero-order valence-electron chi connectivity index (χ0n) is 20.6. The summed E-state index contributed by atoms with van der Waals surface area (Å²) in [6.45, 7) is 9.77. The van der Waals surface area contributed by atoms with E-state index in [1.54, 1.807) is 38.1 Å². The van der Waals surface area contributed by atoms with Crippen LogP contribution in [0.15, 0.2) is 54.9 Å². The fourth-order valence-electron chi connectivity index (χ4n) is 4.14. The molecule has 4 atom stereocenters. The first-order valence-corrected chi connectivity index (χ1v) is 11.7. The van der Waals surface area contributed by atoms with Crippen LogP contribution in [0.25, 0.3) is 0 Å². The summed E-state index contributed by atoms with van der Waals surface area (Å²) < 4.78 is 5.42. The molecule has 0 saturated carbocycles. The molecule has 8 heteroatoms. The minimum Gasteiger partial charge on any atom is -0.444 e. The molecule has 34 heavy (non-hydrogen) atoms. The summed E-state index contributed by atoms with van der Waals surface area (Å²) in [4.78, 5) is 31.9. The van der Waals surface area contributed by atoms with Gasteiger partial charge in [0.05, 0.1) is 18.3 Å². The number of ether oxygens (including phenoxy) is 1. The molecule has 184 valence electrons. The highest BCUT2D eigenvalue weighted by molar-refractivity contribution is 5.85. The highest BCUT2D eigenvalue weighted by Crippen LogP contribution is 2.24. The maximum absolute atomic E-state index is 13.5. The Morgan fingerprint density at radius 1 is 1.18 bits per heavy atom. The summed E-state index contributed by atoms with van der Waals surface area (Å²) in [5, 5.41) is 17.5. The number of nitrogens with one attached hydrogen (secondary N) is 2. The quantitative estimate of drug-likeness (QED) is 0.550. The summed E-state index contributed by atoms with van der Waals surface area (Å²) in [5.41, 5.74) is 1.16. The van der Waals surface area contributed by atoms with Crippen LogP contribution in [0.3, 0.4) is 0 Å². The lowest BCUT2D eigenvalue weighted by atomic mass is 9.96. The Morgan fingerprint density at radius 3 is 2.44 bits per heavy atom. The van der Waals surface area contributed by atoms with Gasteiger partial charge in [0, 0.05) is 18.9 Å². The number of alkyl carbamates (subject to hydrolysis) is 1. The summed E-state index contributed by atoms with van der Waals surface area (Å²) >= 11 is 0. The van der Waals surface area contributed by atoms with E-state index in [1.165, 1.54) is 0 Å². The van der Waals surface area contributed by atoms with Gasteiger partial charge in [-0.2, -0.15) is 0 Å². The second kappa shape index (κ2) is 11.0. The molecule has 0 bridgehead atoms.